The van der Waals surface area contributed by atoms with E-state index in [0.29, 0.717) is 6.07 Å². The second-order valence-corrected chi connectivity index (χ2v) is 22.3. The van der Waals surface area contributed by atoms with Gasteiger partial charge in [-0.05, 0) is 61.0 Å². The van der Waals surface area contributed by atoms with Crippen LogP contribution in [0.1, 0.15) is 5.56 Å². The molecule has 0 aliphatic heterocycles. The molecule has 25 nitrogen and oxygen atoms in total. The average Bonchev–Trinajstić information content (AvgIpc) is 3.18. The molecule has 350 valence electrons. The molecule has 5 aromatic rings. The first-order valence-electron chi connectivity index (χ1n) is 17.4. The molecule has 5 rings (SSSR count). The number of nitrogens with two attached hydrogens (primary N) is 1. The molecule has 5 aromatic carbocycles. The Morgan fingerprint density at radius 3 is 1.72 bits per heavy atom. The summed E-state index contributed by atoms with van der Waals surface area (Å²) in [5, 5.41) is 26.4. The van der Waals surface area contributed by atoms with Crippen LogP contribution in [0.25, 0.3) is 21.9 Å². The molecule has 65 heavy (non-hydrogen) atoms. The van der Waals surface area contributed by atoms with Crippen molar-refractivity contribution in [1.82, 2.24) is 0 Å². The van der Waals surface area contributed by atoms with Crippen LogP contribution < -0.4 is 10.5 Å². The Labute approximate surface area is 370 Å². The summed E-state index contributed by atoms with van der Waals surface area (Å²) in [4.78, 5) is -3.21. The van der Waals surface area contributed by atoms with E-state index >= 15 is 0 Å². The number of phenolic OH excluding ortho intramolecular Hbond substituents is 1. The highest BCUT2D eigenvalue weighted by molar-refractivity contribution is 7.92. The molecule has 0 bridgehead atoms. The summed E-state index contributed by atoms with van der Waals surface area (Å²) in [6, 6.07) is 13.5. The number of benzene rings is 5. The lowest BCUT2D eigenvalue weighted by atomic mass is 10.0. The van der Waals surface area contributed by atoms with Crippen LogP contribution in [-0.2, 0) is 69.1 Å². The number of hydrogen-bond acceptors (Lipinski definition) is 21. The number of aryl methyl sites for hydroxylation is 1. The number of nitrogens with zero attached hydrogens (tertiary/aromatic N) is 4. The maximum absolute atomic E-state index is 13.2. The minimum Gasteiger partial charge on any atom is -0.505 e. The van der Waals surface area contributed by atoms with Crippen molar-refractivity contribution in [2.45, 2.75) is 26.5 Å². The molecule has 0 radical (unpaired) electrons. The van der Waals surface area contributed by atoms with Gasteiger partial charge in [0.2, 0.25) is 0 Å². The van der Waals surface area contributed by atoms with Gasteiger partial charge in [-0.3, -0.25) is 18.2 Å². The van der Waals surface area contributed by atoms with Crippen molar-refractivity contribution < 1.29 is 86.9 Å². The third-order valence-electron chi connectivity index (χ3n) is 8.80. The van der Waals surface area contributed by atoms with Crippen molar-refractivity contribution in [2.24, 2.45) is 20.5 Å². The van der Waals surface area contributed by atoms with Crippen molar-refractivity contribution in [2.75, 3.05) is 37.6 Å². The molecule has 31 heteroatoms. The van der Waals surface area contributed by atoms with E-state index in [1.54, 1.807) is 0 Å². The number of azo groups is 2. The molecule has 0 amide bonds. The minimum atomic E-state index is -5.30. The van der Waals surface area contributed by atoms with Crippen molar-refractivity contribution in [1.29, 1.82) is 0 Å². The summed E-state index contributed by atoms with van der Waals surface area (Å²) in [5.74, 6) is -2.83. The Morgan fingerprint density at radius 2 is 1.14 bits per heavy atom. The van der Waals surface area contributed by atoms with Crippen LogP contribution >= 0.6 is 0 Å². The Balaban J connectivity index is 1.58. The number of hydrogen-bond donors (Lipinski definition) is 6. The van der Waals surface area contributed by atoms with E-state index in [1.165, 1.54) is 56.5 Å². The number of anilines is 1. The van der Waals surface area contributed by atoms with Gasteiger partial charge < -0.3 is 15.6 Å². The Hall–Kier alpha value is -5.58. The van der Waals surface area contributed by atoms with Crippen molar-refractivity contribution >= 4 is 99.9 Å². The maximum atomic E-state index is 13.2. The summed E-state index contributed by atoms with van der Waals surface area (Å²) in [6.07, 6.45) is 0. The number of aromatic hydroxyl groups is 1. The topological polar surface area (TPSA) is 409 Å². The number of phenols is 1. The molecule has 0 saturated heterocycles. The first-order valence-corrected chi connectivity index (χ1v) is 26.3. The van der Waals surface area contributed by atoms with Crippen LogP contribution in [0.2, 0.25) is 0 Å². The number of rotatable bonds is 18. The number of methoxy groups -OCH3 is 1. The molecular formula is C34H33N5O20S6. The molecule has 0 aromatic heterocycles. The van der Waals surface area contributed by atoms with Gasteiger partial charge in [-0.1, -0.05) is 18.2 Å². The van der Waals surface area contributed by atoms with Gasteiger partial charge in [-0.25, -0.2) is 25.2 Å². The number of ether oxygens (including phenoxy) is 1. The Bertz CT molecular complexity index is 3490. The SMILES string of the molecule is COc1cc(N=Nc2c(S(=O)(=O)O)cc3c(N=Nc4ccc(S(=O)(=O)CCOS(=O)(=O)O)cc4S(=O)(=O)O)c(N)ccc3c2O)c(C)cc1-c1ccccc1S(=O)(=O)CCOS(=O)(=O)O. The highest BCUT2D eigenvalue weighted by Crippen LogP contribution is 2.47. The van der Waals surface area contributed by atoms with Gasteiger partial charge in [0.1, 0.15) is 32.6 Å². The molecule has 0 unspecified atom stereocenters. The van der Waals surface area contributed by atoms with Crippen LogP contribution in [0.3, 0.4) is 0 Å². The van der Waals surface area contributed by atoms with Gasteiger partial charge in [0.05, 0.1) is 53.0 Å². The van der Waals surface area contributed by atoms with E-state index in [-0.39, 0.29) is 49.5 Å². The molecular weight excluding hydrogens is 991 g/mol. The lowest BCUT2D eigenvalue weighted by Crippen LogP contribution is -2.16. The molecule has 0 heterocycles. The Morgan fingerprint density at radius 1 is 0.569 bits per heavy atom. The predicted octanol–water partition coefficient (Wildman–Crippen LogP) is 4.62. The average molecular weight is 1020 g/mol. The molecule has 0 aliphatic rings. The van der Waals surface area contributed by atoms with Crippen LogP contribution in [0, 0.1) is 6.92 Å². The molecule has 0 saturated carbocycles. The van der Waals surface area contributed by atoms with Crippen molar-refractivity contribution in [3.8, 4) is 22.6 Å². The molecule has 0 atom stereocenters. The normalized spacial score (nSPS) is 13.3. The monoisotopic (exact) mass is 1020 g/mol. The second-order valence-electron chi connectivity index (χ2n) is 13.1. The van der Waals surface area contributed by atoms with E-state index in [2.05, 4.69) is 28.8 Å². The quantitative estimate of drug-likeness (QED) is 0.0396. The fraction of sp³-hybridized carbons (Fsp3) is 0.176. The van der Waals surface area contributed by atoms with Gasteiger partial charge in [0.25, 0.3) is 20.2 Å². The van der Waals surface area contributed by atoms with Crippen LogP contribution in [0.15, 0.2) is 113 Å². The molecule has 0 spiro atoms. The fourth-order valence-corrected chi connectivity index (χ4v) is 10.5. The third kappa shape index (κ3) is 12.2. The van der Waals surface area contributed by atoms with E-state index < -0.39 is 123 Å². The van der Waals surface area contributed by atoms with Crippen LogP contribution in [-0.4, -0.2) is 106 Å². The van der Waals surface area contributed by atoms with Gasteiger partial charge in [0, 0.05) is 28.0 Å². The number of nitrogen functional groups attached to an aromatic ring is 1. The zero-order valence-corrected chi connectivity index (χ0v) is 37.8. The van der Waals surface area contributed by atoms with Crippen molar-refractivity contribution in [3.05, 3.63) is 78.4 Å². The Kier molecular flexibility index (Phi) is 14.5. The lowest BCUT2D eigenvalue weighted by molar-refractivity contribution is 0.282. The number of fused-ring (bicyclic) bond motifs is 1. The molecule has 7 N–H and O–H groups in total. The highest BCUT2D eigenvalue weighted by atomic mass is 32.3. The molecule has 0 fully saturated rings. The largest absolute Gasteiger partial charge is 0.505 e. The fourth-order valence-electron chi connectivity index (χ4n) is 5.86. The first kappa shape index (κ1) is 50.4. The van der Waals surface area contributed by atoms with Gasteiger partial charge >= 0.3 is 20.8 Å². The van der Waals surface area contributed by atoms with E-state index in [9.17, 15) is 64.7 Å². The summed E-state index contributed by atoms with van der Waals surface area (Å²) >= 11 is 0. The van der Waals surface area contributed by atoms with E-state index in [4.69, 9.17) is 19.6 Å². The standard InChI is InChI=1S/C34H33N5O20S6/c1-19-15-23(21-5-3-4-6-29(21)61(43,44)14-12-59-65(54,55)56)28(57-2)18-27(19)37-39-33-31(63(48,49)50)17-24-22(34(33)40)8-9-25(35)32(24)38-36-26-10-7-20(16-30(26)62(45,46)47)60(41,42)13-11-58-64(51,52)53/h3-10,15-18,40H,11-14,35H2,1-2H3,(H,45,46,47)(H,48,49,50)(H,51,52,53)(H,54,55,56). The highest BCUT2D eigenvalue weighted by Gasteiger charge is 2.27. The second kappa shape index (κ2) is 18.7. The van der Waals surface area contributed by atoms with Crippen LogP contribution in [0.5, 0.6) is 11.5 Å². The first-order chi connectivity index (χ1) is 29.9. The summed E-state index contributed by atoms with van der Waals surface area (Å²) < 4.78 is 197. The van der Waals surface area contributed by atoms with E-state index in [0.717, 1.165) is 24.3 Å². The van der Waals surface area contributed by atoms with Crippen LogP contribution in [0.4, 0.5) is 28.4 Å². The van der Waals surface area contributed by atoms with Gasteiger partial charge in [-0.2, -0.15) is 33.7 Å². The molecule has 0 aliphatic carbocycles. The summed E-state index contributed by atoms with van der Waals surface area (Å²) in [5.41, 5.74) is 4.39. The zero-order valence-electron chi connectivity index (χ0n) is 32.9. The lowest BCUT2D eigenvalue weighted by Gasteiger charge is -2.15. The summed E-state index contributed by atoms with van der Waals surface area (Å²) in [7, 11) is -28.0. The third-order valence-corrected chi connectivity index (χ3v) is 14.9. The smallest absolute Gasteiger partial charge is 0.397 e. The summed E-state index contributed by atoms with van der Waals surface area (Å²) in [6.45, 7) is -0.462. The van der Waals surface area contributed by atoms with Gasteiger partial charge in [0.15, 0.2) is 25.4 Å². The number of sulfone groups is 2. The zero-order chi connectivity index (χ0) is 48.5. The van der Waals surface area contributed by atoms with Gasteiger partial charge in [-0.15, -0.1) is 20.5 Å². The maximum Gasteiger partial charge on any atom is 0.397 e. The van der Waals surface area contributed by atoms with E-state index in [1.807, 2.05) is 0 Å². The minimum absolute atomic E-state index is 0.00305. The predicted molar refractivity (Wildman–Crippen MR) is 227 cm³/mol. The van der Waals surface area contributed by atoms with Crippen molar-refractivity contribution in [3.63, 3.8) is 0 Å².